The van der Waals surface area contributed by atoms with Crippen LogP contribution in [0.15, 0.2) is 18.5 Å². The van der Waals surface area contributed by atoms with Crippen LogP contribution in [0.5, 0.6) is 0 Å². The van der Waals surface area contributed by atoms with E-state index in [2.05, 4.69) is 23.3 Å². The fraction of sp³-hybridized carbons (Fsp3) is 0.545. The lowest BCUT2D eigenvalue weighted by atomic mass is 9.93. The molecular formula is C11H16N2. The quantitative estimate of drug-likeness (QED) is 0.762. The molecule has 1 N–H and O–H groups in total. The second kappa shape index (κ2) is 3.88. The second-order valence-electron chi connectivity index (χ2n) is 3.88. The molecule has 0 amide bonds. The van der Waals surface area contributed by atoms with Crippen molar-refractivity contribution in [1.29, 1.82) is 0 Å². The van der Waals surface area contributed by atoms with E-state index in [0.717, 1.165) is 12.6 Å². The number of pyridine rings is 1. The average Bonchev–Trinajstić information content (AvgIpc) is 2.01. The number of hydrogen-bond acceptors (Lipinski definition) is 2. The Labute approximate surface area is 79.4 Å². The summed E-state index contributed by atoms with van der Waals surface area (Å²) in [6.45, 7) is 3.05. The highest BCUT2D eigenvalue weighted by molar-refractivity contribution is 5.16. The summed E-state index contributed by atoms with van der Waals surface area (Å²) in [5, 5.41) is 3.52. The van der Waals surface area contributed by atoms with Gasteiger partial charge in [-0.3, -0.25) is 4.98 Å². The predicted octanol–water partition coefficient (Wildman–Crippen LogP) is 2.03. The van der Waals surface area contributed by atoms with Crippen LogP contribution in [0.2, 0.25) is 0 Å². The highest BCUT2D eigenvalue weighted by Crippen LogP contribution is 2.18. The van der Waals surface area contributed by atoms with Crippen LogP contribution in [-0.4, -0.2) is 11.0 Å². The summed E-state index contributed by atoms with van der Waals surface area (Å²) >= 11 is 0. The van der Waals surface area contributed by atoms with Gasteiger partial charge in [0.25, 0.3) is 0 Å². The maximum Gasteiger partial charge on any atom is 0.0313 e. The van der Waals surface area contributed by atoms with Gasteiger partial charge in [-0.15, -0.1) is 0 Å². The Balaban J connectivity index is 1.86. The summed E-state index contributed by atoms with van der Waals surface area (Å²) in [5.41, 5.74) is 2.54. The van der Waals surface area contributed by atoms with Crippen LogP contribution >= 0.6 is 0 Å². The van der Waals surface area contributed by atoms with Crippen molar-refractivity contribution in [3.8, 4) is 0 Å². The number of nitrogens with zero attached hydrogens (tertiary/aromatic N) is 1. The largest absolute Gasteiger partial charge is 0.310 e. The Morgan fingerprint density at radius 3 is 2.92 bits per heavy atom. The molecule has 0 aromatic carbocycles. The molecule has 1 aliphatic carbocycles. The minimum Gasteiger partial charge on any atom is -0.310 e. The van der Waals surface area contributed by atoms with Crippen molar-refractivity contribution in [2.45, 2.75) is 38.8 Å². The van der Waals surface area contributed by atoms with Gasteiger partial charge >= 0.3 is 0 Å². The normalized spacial score (nSPS) is 17.0. The van der Waals surface area contributed by atoms with Gasteiger partial charge in [0.15, 0.2) is 0 Å². The number of rotatable bonds is 3. The van der Waals surface area contributed by atoms with Gasteiger partial charge in [0.1, 0.15) is 0 Å². The molecule has 13 heavy (non-hydrogen) atoms. The predicted molar refractivity (Wildman–Crippen MR) is 53.5 cm³/mol. The third kappa shape index (κ3) is 2.28. The number of aryl methyl sites for hydroxylation is 1. The Morgan fingerprint density at radius 2 is 2.31 bits per heavy atom. The molecule has 1 aromatic heterocycles. The molecule has 1 saturated carbocycles. The first kappa shape index (κ1) is 8.70. The standard InChI is InChI=1S/C11H16N2/c1-9-5-10(7-12-6-9)8-13-11-3-2-4-11/h5-7,11,13H,2-4,8H2,1H3. The van der Waals surface area contributed by atoms with Crippen LogP contribution in [-0.2, 0) is 6.54 Å². The van der Waals surface area contributed by atoms with Crippen LogP contribution in [0.3, 0.4) is 0 Å². The third-order valence-corrected chi connectivity index (χ3v) is 2.63. The monoisotopic (exact) mass is 176 g/mol. The van der Waals surface area contributed by atoms with Gasteiger partial charge in [0, 0.05) is 25.0 Å². The molecule has 2 rings (SSSR count). The van der Waals surface area contributed by atoms with Crippen molar-refractivity contribution in [2.24, 2.45) is 0 Å². The van der Waals surface area contributed by atoms with E-state index in [0.29, 0.717) is 0 Å². The lowest BCUT2D eigenvalue weighted by Gasteiger charge is -2.26. The van der Waals surface area contributed by atoms with E-state index < -0.39 is 0 Å². The molecule has 0 saturated heterocycles. The molecule has 1 heterocycles. The SMILES string of the molecule is Cc1cncc(CNC2CCC2)c1. The average molecular weight is 176 g/mol. The van der Waals surface area contributed by atoms with Crippen molar-refractivity contribution >= 4 is 0 Å². The number of aromatic nitrogens is 1. The van der Waals surface area contributed by atoms with E-state index in [1.165, 1.54) is 30.4 Å². The summed E-state index contributed by atoms with van der Waals surface area (Å²) in [6, 6.07) is 2.96. The summed E-state index contributed by atoms with van der Waals surface area (Å²) < 4.78 is 0. The van der Waals surface area contributed by atoms with Gasteiger partial charge in [-0.2, -0.15) is 0 Å². The van der Waals surface area contributed by atoms with Crippen molar-refractivity contribution in [3.05, 3.63) is 29.6 Å². The first-order chi connectivity index (χ1) is 6.34. The van der Waals surface area contributed by atoms with Crippen molar-refractivity contribution in [3.63, 3.8) is 0 Å². The van der Waals surface area contributed by atoms with E-state index in [9.17, 15) is 0 Å². The van der Waals surface area contributed by atoms with E-state index in [-0.39, 0.29) is 0 Å². The number of hydrogen-bond donors (Lipinski definition) is 1. The molecule has 0 atom stereocenters. The van der Waals surface area contributed by atoms with E-state index in [4.69, 9.17) is 0 Å². The van der Waals surface area contributed by atoms with Gasteiger partial charge in [0.2, 0.25) is 0 Å². The van der Waals surface area contributed by atoms with Crippen LogP contribution in [0.25, 0.3) is 0 Å². The highest BCUT2D eigenvalue weighted by atomic mass is 14.9. The lowest BCUT2D eigenvalue weighted by Crippen LogP contribution is -2.34. The van der Waals surface area contributed by atoms with E-state index in [1.807, 2.05) is 12.4 Å². The summed E-state index contributed by atoms with van der Waals surface area (Å²) in [5.74, 6) is 0. The smallest absolute Gasteiger partial charge is 0.0313 e. The molecule has 1 aromatic rings. The minimum atomic E-state index is 0.764. The molecule has 2 heteroatoms. The maximum atomic E-state index is 4.17. The van der Waals surface area contributed by atoms with Crippen molar-refractivity contribution in [2.75, 3.05) is 0 Å². The zero-order valence-electron chi connectivity index (χ0n) is 8.09. The fourth-order valence-corrected chi connectivity index (χ4v) is 1.59. The highest BCUT2D eigenvalue weighted by Gasteiger charge is 2.15. The first-order valence-corrected chi connectivity index (χ1v) is 4.98. The van der Waals surface area contributed by atoms with Gasteiger partial charge < -0.3 is 5.32 Å². The lowest BCUT2D eigenvalue weighted by molar-refractivity contribution is 0.338. The van der Waals surface area contributed by atoms with Gasteiger partial charge in [-0.25, -0.2) is 0 Å². The Hall–Kier alpha value is -0.890. The second-order valence-corrected chi connectivity index (χ2v) is 3.88. The molecule has 0 spiro atoms. The molecule has 0 bridgehead atoms. The first-order valence-electron chi connectivity index (χ1n) is 4.98. The summed E-state index contributed by atoms with van der Waals surface area (Å²) in [4.78, 5) is 4.17. The van der Waals surface area contributed by atoms with E-state index >= 15 is 0 Å². The third-order valence-electron chi connectivity index (χ3n) is 2.63. The summed E-state index contributed by atoms with van der Waals surface area (Å²) in [6.07, 6.45) is 7.92. The molecule has 0 unspecified atom stereocenters. The fourth-order valence-electron chi connectivity index (χ4n) is 1.59. The van der Waals surface area contributed by atoms with Crippen LogP contribution in [0, 0.1) is 6.92 Å². The maximum absolute atomic E-state index is 4.17. The van der Waals surface area contributed by atoms with Gasteiger partial charge in [0.05, 0.1) is 0 Å². The van der Waals surface area contributed by atoms with Crippen LogP contribution < -0.4 is 5.32 Å². The van der Waals surface area contributed by atoms with Gasteiger partial charge in [-0.1, -0.05) is 12.5 Å². The molecule has 1 fully saturated rings. The number of nitrogens with one attached hydrogen (secondary N) is 1. The molecule has 70 valence electrons. The molecule has 0 aliphatic heterocycles. The summed E-state index contributed by atoms with van der Waals surface area (Å²) in [7, 11) is 0. The molecule has 0 radical (unpaired) electrons. The topological polar surface area (TPSA) is 24.9 Å². The molecule has 2 nitrogen and oxygen atoms in total. The minimum absolute atomic E-state index is 0.764. The zero-order valence-corrected chi connectivity index (χ0v) is 8.09. The molecule has 1 aliphatic rings. The Morgan fingerprint density at radius 1 is 1.46 bits per heavy atom. The van der Waals surface area contributed by atoms with E-state index in [1.54, 1.807) is 0 Å². The van der Waals surface area contributed by atoms with Crippen molar-refractivity contribution < 1.29 is 0 Å². The zero-order chi connectivity index (χ0) is 9.10. The molecular weight excluding hydrogens is 160 g/mol. The Bertz CT molecular complexity index is 279. The van der Waals surface area contributed by atoms with Crippen LogP contribution in [0.4, 0.5) is 0 Å². The van der Waals surface area contributed by atoms with Crippen molar-refractivity contribution in [1.82, 2.24) is 10.3 Å². The Kier molecular flexibility index (Phi) is 2.60. The van der Waals surface area contributed by atoms with Crippen LogP contribution in [0.1, 0.15) is 30.4 Å². The van der Waals surface area contributed by atoms with Gasteiger partial charge in [-0.05, 0) is 30.9 Å².